The number of aliphatic carboxylic acids is 1. The summed E-state index contributed by atoms with van der Waals surface area (Å²) in [5.74, 6) is -1.21. The number of carbonyl (C=O) groups excluding carboxylic acids is 1. The number of carboxylic acids is 1. The van der Waals surface area contributed by atoms with Gasteiger partial charge in [-0.1, -0.05) is 23.2 Å². The number of amides is 1. The van der Waals surface area contributed by atoms with Crippen molar-refractivity contribution in [3.8, 4) is 0 Å². The first-order chi connectivity index (χ1) is 4.06. The van der Waals surface area contributed by atoms with Crippen LogP contribution in [0.2, 0.25) is 0 Å². The second kappa shape index (κ2) is 7.52. The molecule has 6 heteroatoms. The fourth-order valence-corrected chi connectivity index (χ4v) is 0. The maximum atomic E-state index is 9.44. The van der Waals surface area contributed by atoms with E-state index in [4.69, 9.17) is 33.1 Å². The van der Waals surface area contributed by atoms with E-state index in [1.54, 1.807) is 0 Å². The molecule has 1 amide bonds. The van der Waals surface area contributed by atoms with Crippen molar-refractivity contribution in [1.29, 1.82) is 0 Å². The van der Waals surface area contributed by atoms with Crippen molar-refractivity contribution < 1.29 is 14.7 Å². The third-order valence-electron chi connectivity index (χ3n) is 0.187. The fraction of sp³-hybridized carbons (Fsp3) is 0.333. The molecule has 54 valence electrons. The van der Waals surface area contributed by atoms with Crippen LogP contribution in [0.1, 0.15) is 0 Å². The summed E-state index contributed by atoms with van der Waals surface area (Å²) in [6, 6.07) is 0. The van der Waals surface area contributed by atoms with Gasteiger partial charge in [-0.05, 0) is 0 Å². The number of hydrogen-bond donors (Lipinski definition) is 2. The molecule has 3 N–H and O–H groups in total. The lowest BCUT2D eigenvalue weighted by atomic mass is 10.8. The van der Waals surface area contributed by atoms with Gasteiger partial charge in [-0.25, -0.2) is 4.79 Å². The van der Waals surface area contributed by atoms with E-state index in [9.17, 15) is 4.79 Å². The normalized spacial score (nSPS) is 7.44. The Morgan fingerprint density at radius 2 is 1.78 bits per heavy atom. The van der Waals surface area contributed by atoms with Gasteiger partial charge in [-0.15, -0.1) is 0 Å². The second-order valence-corrected chi connectivity index (χ2v) is 1.87. The molecule has 0 aromatic heterocycles. The average molecular weight is 174 g/mol. The summed E-state index contributed by atoms with van der Waals surface area (Å²) in [6.07, 6.45) is 0.250. The van der Waals surface area contributed by atoms with Gasteiger partial charge in [-0.2, -0.15) is 0 Å². The highest BCUT2D eigenvalue weighted by molar-refractivity contribution is 6.52. The molecule has 0 aromatic rings. The molecule has 0 atom stereocenters. The van der Waals surface area contributed by atoms with Gasteiger partial charge in [0.25, 0.3) is 0 Å². The number of halogens is 2. The quantitative estimate of drug-likeness (QED) is 0.432. The lowest BCUT2D eigenvalue weighted by Crippen LogP contribution is -2.03. The number of carbonyl (C=O) groups is 2. The molecule has 0 rings (SSSR count). The van der Waals surface area contributed by atoms with Crippen LogP contribution in [-0.4, -0.2) is 22.3 Å². The van der Waals surface area contributed by atoms with Crippen LogP contribution < -0.4 is 5.73 Å². The summed E-state index contributed by atoms with van der Waals surface area (Å²) in [5.41, 5.74) is 4.17. The molecular formula is C3H5Cl2NO3. The van der Waals surface area contributed by atoms with Gasteiger partial charge in [0.15, 0.2) is 0 Å². The number of primary amides is 1. The smallest absolute Gasteiger partial charge is 0.337 e. The molecule has 0 aliphatic rings. The molecule has 0 spiro atoms. The Labute approximate surface area is 61.5 Å². The molecule has 0 unspecified atom stereocenters. The molecule has 0 aliphatic heterocycles. The summed E-state index contributed by atoms with van der Waals surface area (Å²) in [4.78, 5) is 16.7. The maximum Gasteiger partial charge on any atom is 0.337 e. The second-order valence-electron chi connectivity index (χ2n) is 0.775. The third-order valence-corrected chi connectivity index (χ3v) is 0.560. The Morgan fingerprint density at radius 1 is 1.67 bits per heavy atom. The summed E-state index contributed by atoms with van der Waals surface area (Å²) in [5, 5.41) is 7.73. The predicted octanol–water partition coefficient (Wildman–Crippen LogP) is -0.0238. The first-order valence-corrected chi connectivity index (χ1v) is 2.59. The van der Waals surface area contributed by atoms with E-state index in [0.717, 1.165) is 0 Å². The molecule has 4 nitrogen and oxygen atoms in total. The topological polar surface area (TPSA) is 80.4 Å². The highest BCUT2D eigenvalue weighted by atomic mass is 35.5. The standard InChI is InChI=1S/C2H2Cl2O2.CH3NO/c3-1(4)2(5)6;2-1-3/h1H,(H,5,6);1H,(H2,2,3). The van der Waals surface area contributed by atoms with E-state index in [2.05, 4.69) is 5.73 Å². The van der Waals surface area contributed by atoms with Crippen LogP contribution in [0.15, 0.2) is 0 Å². The van der Waals surface area contributed by atoms with Crippen LogP contribution in [-0.2, 0) is 9.59 Å². The summed E-state index contributed by atoms with van der Waals surface area (Å²) in [7, 11) is 0. The van der Waals surface area contributed by atoms with Crippen LogP contribution in [0.25, 0.3) is 0 Å². The molecule has 0 fully saturated rings. The van der Waals surface area contributed by atoms with Crippen LogP contribution in [0.5, 0.6) is 0 Å². The van der Waals surface area contributed by atoms with Gasteiger partial charge in [0, 0.05) is 0 Å². The van der Waals surface area contributed by atoms with Gasteiger partial charge >= 0.3 is 5.97 Å². The van der Waals surface area contributed by atoms with Crippen molar-refractivity contribution in [2.75, 3.05) is 0 Å². The Balaban J connectivity index is 0. The molecule has 0 aliphatic carbocycles. The number of nitrogens with two attached hydrogens (primary N) is 1. The van der Waals surface area contributed by atoms with E-state index in [-0.39, 0.29) is 6.41 Å². The number of carboxylic acid groups (broad SMARTS) is 1. The number of alkyl halides is 2. The van der Waals surface area contributed by atoms with Gasteiger partial charge < -0.3 is 10.8 Å². The van der Waals surface area contributed by atoms with Gasteiger partial charge in [0.2, 0.25) is 11.2 Å². The van der Waals surface area contributed by atoms with E-state index in [1.807, 2.05) is 0 Å². The molecule has 0 aromatic carbocycles. The Hall–Kier alpha value is -0.480. The minimum Gasteiger partial charge on any atom is -0.479 e. The lowest BCUT2D eigenvalue weighted by Gasteiger charge is -1.84. The minimum atomic E-state index is -1.29. The van der Waals surface area contributed by atoms with E-state index in [1.165, 1.54) is 0 Å². The van der Waals surface area contributed by atoms with Crippen LogP contribution in [0.4, 0.5) is 0 Å². The lowest BCUT2D eigenvalue weighted by molar-refractivity contribution is -0.135. The van der Waals surface area contributed by atoms with Gasteiger partial charge in [0.1, 0.15) is 0 Å². The number of rotatable bonds is 1. The van der Waals surface area contributed by atoms with Crippen molar-refractivity contribution in [3.63, 3.8) is 0 Å². The first kappa shape index (κ1) is 11.3. The highest BCUT2D eigenvalue weighted by Crippen LogP contribution is 1.98. The third kappa shape index (κ3) is 18.5. The molecule has 0 radical (unpaired) electrons. The summed E-state index contributed by atoms with van der Waals surface area (Å²) in [6.45, 7) is 0. The molecule has 0 bridgehead atoms. The SMILES string of the molecule is NC=O.O=C(O)C(Cl)Cl. The van der Waals surface area contributed by atoms with Crippen molar-refractivity contribution in [3.05, 3.63) is 0 Å². The minimum absolute atomic E-state index is 0.250. The predicted molar refractivity (Wildman–Crippen MR) is 33.4 cm³/mol. The van der Waals surface area contributed by atoms with E-state index in [0.29, 0.717) is 0 Å². The first-order valence-electron chi connectivity index (χ1n) is 1.72. The average Bonchev–Trinajstić information content (AvgIpc) is 1.68. The summed E-state index contributed by atoms with van der Waals surface area (Å²) < 4.78 is 0. The van der Waals surface area contributed by atoms with Crippen LogP contribution >= 0.6 is 23.2 Å². The summed E-state index contributed by atoms with van der Waals surface area (Å²) >= 11 is 9.56. The molecule has 0 heterocycles. The van der Waals surface area contributed by atoms with E-state index < -0.39 is 10.8 Å². The largest absolute Gasteiger partial charge is 0.479 e. The molecular weight excluding hydrogens is 169 g/mol. The Bertz CT molecular complexity index is 95.1. The zero-order valence-corrected chi connectivity index (χ0v) is 5.76. The molecule has 0 saturated heterocycles. The number of hydrogen-bond acceptors (Lipinski definition) is 2. The van der Waals surface area contributed by atoms with Crippen molar-refractivity contribution in [2.45, 2.75) is 4.84 Å². The van der Waals surface area contributed by atoms with Gasteiger partial charge in [0.05, 0.1) is 0 Å². The monoisotopic (exact) mass is 173 g/mol. The maximum absolute atomic E-state index is 9.44. The zero-order valence-electron chi connectivity index (χ0n) is 4.25. The van der Waals surface area contributed by atoms with Crippen LogP contribution in [0, 0.1) is 0 Å². The van der Waals surface area contributed by atoms with Crippen molar-refractivity contribution in [2.24, 2.45) is 5.73 Å². The van der Waals surface area contributed by atoms with Crippen molar-refractivity contribution >= 4 is 35.6 Å². The van der Waals surface area contributed by atoms with Crippen LogP contribution in [0.3, 0.4) is 0 Å². The Morgan fingerprint density at radius 3 is 1.78 bits per heavy atom. The zero-order chi connectivity index (χ0) is 7.86. The van der Waals surface area contributed by atoms with E-state index >= 15 is 0 Å². The fourth-order valence-electron chi connectivity index (χ4n) is 0. The molecule has 0 saturated carbocycles. The highest BCUT2D eigenvalue weighted by Gasteiger charge is 2.05. The Kier molecular flexibility index (Phi) is 9.47. The molecule has 9 heavy (non-hydrogen) atoms. The van der Waals surface area contributed by atoms with Gasteiger partial charge in [-0.3, -0.25) is 4.79 Å². The van der Waals surface area contributed by atoms with Crippen molar-refractivity contribution in [1.82, 2.24) is 0 Å².